The van der Waals surface area contributed by atoms with Gasteiger partial charge in [0.05, 0.1) is 30.2 Å². The number of benzene rings is 2. The lowest BCUT2D eigenvalue weighted by Crippen LogP contribution is -2.31. The van der Waals surface area contributed by atoms with E-state index in [0.717, 1.165) is 12.0 Å². The van der Waals surface area contributed by atoms with E-state index in [1.54, 1.807) is 24.3 Å². The molecule has 0 aromatic heterocycles. The lowest BCUT2D eigenvalue weighted by Gasteiger charge is -2.22. The van der Waals surface area contributed by atoms with Crippen LogP contribution in [0, 0.1) is 11.3 Å². The number of nitrogens with zero attached hydrogens (tertiary/aromatic N) is 2. The molecule has 6 heteroatoms. The molecule has 0 aliphatic heterocycles. The van der Waals surface area contributed by atoms with Crippen LogP contribution in [0.15, 0.2) is 54.6 Å². The molecule has 2 aromatic carbocycles. The van der Waals surface area contributed by atoms with Gasteiger partial charge in [-0.2, -0.15) is 5.26 Å². The number of ether oxygens (including phenoxy) is 1. The van der Waals surface area contributed by atoms with Crippen LogP contribution < -0.4 is 9.04 Å². The number of sulfonamides is 1. The van der Waals surface area contributed by atoms with Gasteiger partial charge in [-0.1, -0.05) is 24.3 Å². The van der Waals surface area contributed by atoms with E-state index >= 15 is 0 Å². The molecule has 0 heterocycles. The summed E-state index contributed by atoms with van der Waals surface area (Å²) < 4.78 is 30.9. The predicted octanol–water partition coefficient (Wildman–Crippen LogP) is 2.79. The molecule has 0 bridgehead atoms. The Morgan fingerprint density at radius 3 is 2.52 bits per heavy atom. The number of hydrogen-bond donors (Lipinski definition) is 0. The minimum absolute atomic E-state index is 0.292. The number of hydrogen-bond acceptors (Lipinski definition) is 4. The van der Waals surface area contributed by atoms with E-state index in [9.17, 15) is 8.42 Å². The smallest absolute Gasteiger partial charge is 0.232 e. The fourth-order valence-electron chi connectivity index (χ4n) is 2.13. The zero-order valence-electron chi connectivity index (χ0n) is 12.8. The lowest BCUT2D eigenvalue weighted by atomic mass is 10.2. The topological polar surface area (TPSA) is 70.4 Å². The van der Waals surface area contributed by atoms with Crippen LogP contribution in [0.3, 0.4) is 0 Å². The van der Waals surface area contributed by atoms with Crippen molar-refractivity contribution in [2.45, 2.75) is 6.42 Å². The van der Waals surface area contributed by atoms with E-state index in [4.69, 9.17) is 10.00 Å². The van der Waals surface area contributed by atoms with Gasteiger partial charge >= 0.3 is 0 Å². The van der Waals surface area contributed by atoms with Crippen molar-refractivity contribution in [2.24, 2.45) is 0 Å². The molecule has 0 N–H and O–H groups in total. The van der Waals surface area contributed by atoms with Crippen molar-refractivity contribution in [3.8, 4) is 11.8 Å². The van der Waals surface area contributed by atoms with E-state index < -0.39 is 10.0 Å². The summed E-state index contributed by atoms with van der Waals surface area (Å²) in [7, 11) is -3.42. The van der Waals surface area contributed by atoms with Crippen LogP contribution in [0.5, 0.6) is 5.75 Å². The van der Waals surface area contributed by atoms with Gasteiger partial charge < -0.3 is 4.74 Å². The highest BCUT2D eigenvalue weighted by Gasteiger charge is 2.17. The minimum Gasteiger partial charge on any atom is -0.494 e. The van der Waals surface area contributed by atoms with E-state index in [2.05, 4.69) is 0 Å². The highest BCUT2D eigenvalue weighted by Crippen LogP contribution is 2.19. The van der Waals surface area contributed by atoms with Gasteiger partial charge in [-0.05, 0) is 30.3 Å². The Morgan fingerprint density at radius 2 is 1.87 bits per heavy atom. The normalized spacial score (nSPS) is 10.8. The summed E-state index contributed by atoms with van der Waals surface area (Å²) in [6.45, 7) is 0.703. The molecule has 0 fully saturated rings. The molecule has 0 amide bonds. The molecule has 0 spiro atoms. The molecule has 0 saturated heterocycles. The zero-order valence-corrected chi connectivity index (χ0v) is 13.7. The van der Waals surface area contributed by atoms with Crippen LogP contribution >= 0.6 is 0 Å². The first kappa shape index (κ1) is 16.8. The van der Waals surface area contributed by atoms with Crippen LogP contribution in [0.4, 0.5) is 5.69 Å². The van der Waals surface area contributed by atoms with E-state index in [-0.39, 0.29) is 0 Å². The standard InChI is InChI=1S/C17H18N2O3S/c1-23(20,21)19(16-8-5-7-15(13-16)14-18)11-6-12-22-17-9-3-2-4-10-17/h2-5,7-10,13H,6,11-12H2,1H3. The second-order valence-corrected chi connectivity index (χ2v) is 6.92. The maximum atomic E-state index is 12.0. The van der Waals surface area contributed by atoms with Crippen molar-refractivity contribution in [2.75, 3.05) is 23.7 Å². The van der Waals surface area contributed by atoms with Gasteiger partial charge in [0.25, 0.3) is 0 Å². The second-order valence-electron chi connectivity index (χ2n) is 5.01. The van der Waals surface area contributed by atoms with Crippen LogP contribution in [0.2, 0.25) is 0 Å². The van der Waals surface area contributed by atoms with Crippen molar-refractivity contribution in [1.82, 2.24) is 0 Å². The molecule has 5 nitrogen and oxygen atoms in total. The van der Waals surface area contributed by atoms with Crippen molar-refractivity contribution in [3.05, 3.63) is 60.2 Å². The Morgan fingerprint density at radius 1 is 1.13 bits per heavy atom. The third kappa shape index (κ3) is 5.01. The number of rotatable bonds is 7. The van der Waals surface area contributed by atoms with Gasteiger partial charge in [0, 0.05) is 13.0 Å². The molecule has 0 atom stereocenters. The lowest BCUT2D eigenvalue weighted by molar-refractivity contribution is 0.313. The molecule has 0 unspecified atom stereocenters. The maximum absolute atomic E-state index is 12.0. The largest absolute Gasteiger partial charge is 0.494 e. The van der Waals surface area contributed by atoms with Gasteiger partial charge in [-0.3, -0.25) is 4.31 Å². The van der Waals surface area contributed by atoms with Gasteiger partial charge in [-0.25, -0.2) is 8.42 Å². The molecule has 0 saturated carbocycles. The average molecular weight is 330 g/mol. The summed E-state index contributed by atoms with van der Waals surface area (Å²) in [5.74, 6) is 0.755. The first-order chi connectivity index (χ1) is 11.0. The summed E-state index contributed by atoms with van der Waals surface area (Å²) in [6.07, 6.45) is 1.70. The molecule has 2 aromatic rings. The van der Waals surface area contributed by atoms with Crippen LogP contribution in [0.1, 0.15) is 12.0 Å². The van der Waals surface area contributed by atoms with Crippen molar-refractivity contribution in [3.63, 3.8) is 0 Å². The summed E-state index contributed by atoms with van der Waals surface area (Å²) >= 11 is 0. The monoisotopic (exact) mass is 330 g/mol. The van der Waals surface area contributed by atoms with E-state index in [0.29, 0.717) is 30.8 Å². The molecule has 23 heavy (non-hydrogen) atoms. The Hall–Kier alpha value is -2.52. The highest BCUT2D eigenvalue weighted by atomic mass is 32.2. The molecule has 120 valence electrons. The third-order valence-corrected chi connectivity index (χ3v) is 4.38. The fraction of sp³-hybridized carbons (Fsp3) is 0.235. The molecule has 0 aliphatic carbocycles. The van der Waals surface area contributed by atoms with Crippen LogP contribution in [0.25, 0.3) is 0 Å². The summed E-state index contributed by atoms with van der Waals surface area (Å²) in [4.78, 5) is 0. The third-order valence-electron chi connectivity index (χ3n) is 3.18. The van der Waals surface area contributed by atoms with Gasteiger partial charge in [-0.15, -0.1) is 0 Å². The molecular weight excluding hydrogens is 312 g/mol. The highest BCUT2D eigenvalue weighted by molar-refractivity contribution is 7.92. The first-order valence-corrected chi connectivity index (χ1v) is 9.01. The van der Waals surface area contributed by atoms with Gasteiger partial charge in [0.1, 0.15) is 5.75 Å². The molecule has 2 rings (SSSR count). The quantitative estimate of drug-likeness (QED) is 0.732. The summed E-state index contributed by atoms with van der Waals surface area (Å²) in [6, 6.07) is 17.9. The summed E-state index contributed by atoms with van der Waals surface area (Å²) in [5, 5.41) is 8.95. The Balaban J connectivity index is 2.01. The number of nitriles is 1. The predicted molar refractivity (Wildman–Crippen MR) is 89.9 cm³/mol. The molecular formula is C17H18N2O3S. The van der Waals surface area contributed by atoms with Crippen molar-refractivity contribution >= 4 is 15.7 Å². The van der Waals surface area contributed by atoms with Crippen molar-refractivity contribution in [1.29, 1.82) is 5.26 Å². The average Bonchev–Trinajstić information content (AvgIpc) is 2.54. The maximum Gasteiger partial charge on any atom is 0.232 e. The van der Waals surface area contributed by atoms with E-state index in [1.807, 2.05) is 36.4 Å². The Labute approximate surface area is 136 Å². The van der Waals surface area contributed by atoms with E-state index in [1.165, 1.54) is 4.31 Å². The fourth-order valence-corrected chi connectivity index (χ4v) is 3.09. The van der Waals surface area contributed by atoms with Crippen LogP contribution in [-0.4, -0.2) is 27.8 Å². The molecule has 0 radical (unpaired) electrons. The van der Waals surface area contributed by atoms with Gasteiger partial charge in [0.2, 0.25) is 10.0 Å². The second kappa shape index (κ2) is 7.65. The van der Waals surface area contributed by atoms with Crippen LogP contribution in [-0.2, 0) is 10.0 Å². The SMILES string of the molecule is CS(=O)(=O)N(CCCOc1ccccc1)c1cccc(C#N)c1. The Bertz CT molecular complexity index is 783. The molecule has 0 aliphatic rings. The number of para-hydroxylation sites is 1. The summed E-state index contributed by atoms with van der Waals surface area (Å²) in [5.41, 5.74) is 0.919. The van der Waals surface area contributed by atoms with Gasteiger partial charge in [0.15, 0.2) is 0 Å². The minimum atomic E-state index is -3.42. The van der Waals surface area contributed by atoms with Crippen molar-refractivity contribution < 1.29 is 13.2 Å². The Kier molecular flexibility index (Phi) is 5.61. The number of anilines is 1. The zero-order chi connectivity index (χ0) is 16.7. The first-order valence-electron chi connectivity index (χ1n) is 7.16.